The highest BCUT2D eigenvalue weighted by Gasteiger charge is 2.11. The Morgan fingerprint density at radius 3 is 2.61 bits per heavy atom. The second kappa shape index (κ2) is 7.97. The third-order valence-corrected chi connectivity index (χ3v) is 3.13. The number of ether oxygens (including phenoxy) is 2. The summed E-state index contributed by atoms with van der Waals surface area (Å²) in [6.45, 7) is 3.37. The van der Waals surface area contributed by atoms with Crippen molar-refractivity contribution in [3.8, 4) is 0 Å². The van der Waals surface area contributed by atoms with Gasteiger partial charge in [-0.15, -0.1) is 5.73 Å². The molecule has 1 unspecified atom stereocenters. The molecule has 0 aliphatic rings. The molecule has 0 saturated carbocycles. The van der Waals surface area contributed by atoms with E-state index in [4.69, 9.17) is 9.47 Å². The Bertz CT molecular complexity index is 770. The van der Waals surface area contributed by atoms with Crippen LogP contribution in [0.2, 0.25) is 0 Å². The van der Waals surface area contributed by atoms with E-state index in [2.05, 4.69) is 5.73 Å². The van der Waals surface area contributed by atoms with Crippen molar-refractivity contribution in [2.75, 3.05) is 6.61 Å². The highest BCUT2D eigenvalue weighted by atomic mass is 16.5. The second-order valence-corrected chi connectivity index (χ2v) is 4.87. The van der Waals surface area contributed by atoms with Crippen LogP contribution >= 0.6 is 0 Å². The van der Waals surface area contributed by atoms with E-state index in [0.717, 1.165) is 16.3 Å². The quantitative estimate of drug-likeness (QED) is 0.480. The molecular weight excluding hydrogens is 292 g/mol. The molecule has 118 valence electrons. The molecule has 0 aliphatic carbocycles. The van der Waals surface area contributed by atoms with Gasteiger partial charge in [0, 0.05) is 13.0 Å². The molecular formula is C19H18O4. The Hall–Kier alpha value is -2.84. The molecule has 4 nitrogen and oxygen atoms in total. The number of rotatable bonds is 5. The summed E-state index contributed by atoms with van der Waals surface area (Å²) < 4.78 is 10.1. The highest BCUT2D eigenvalue weighted by molar-refractivity contribution is 5.83. The van der Waals surface area contributed by atoms with Gasteiger partial charge < -0.3 is 9.47 Å². The van der Waals surface area contributed by atoms with Crippen molar-refractivity contribution in [2.24, 2.45) is 0 Å². The van der Waals surface area contributed by atoms with E-state index in [1.165, 1.54) is 19.1 Å². The van der Waals surface area contributed by atoms with E-state index >= 15 is 0 Å². The monoisotopic (exact) mass is 310 g/mol. The highest BCUT2D eigenvalue weighted by Crippen LogP contribution is 2.23. The molecule has 0 bridgehead atoms. The van der Waals surface area contributed by atoms with Crippen LogP contribution in [-0.2, 0) is 19.1 Å². The van der Waals surface area contributed by atoms with Crippen LogP contribution in [0.5, 0.6) is 0 Å². The number of carbonyl (C=O) groups is 2. The summed E-state index contributed by atoms with van der Waals surface area (Å²) in [5, 5.41) is 2.15. The van der Waals surface area contributed by atoms with Crippen molar-refractivity contribution in [3.63, 3.8) is 0 Å². The SMILES string of the molecule is CCOC(=O)C=C=CC(OC(C)=O)c1ccc2ccccc2c1. The van der Waals surface area contributed by atoms with Crippen LogP contribution < -0.4 is 0 Å². The van der Waals surface area contributed by atoms with Gasteiger partial charge in [-0.2, -0.15) is 0 Å². The zero-order chi connectivity index (χ0) is 16.7. The van der Waals surface area contributed by atoms with Crippen LogP contribution in [0.3, 0.4) is 0 Å². The zero-order valence-electron chi connectivity index (χ0n) is 13.1. The fourth-order valence-electron chi connectivity index (χ4n) is 2.15. The third-order valence-electron chi connectivity index (χ3n) is 3.13. The van der Waals surface area contributed by atoms with Gasteiger partial charge in [0.2, 0.25) is 0 Å². The average molecular weight is 310 g/mol. The average Bonchev–Trinajstić information content (AvgIpc) is 2.53. The van der Waals surface area contributed by atoms with Crippen molar-refractivity contribution in [1.29, 1.82) is 0 Å². The van der Waals surface area contributed by atoms with Gasteiger partial charge in [0.25, 0.3) is 0 Å². The minimum Gasteiger partial charge on any atom is -0.462 e. The predicted octanol–water partition coefficient (Wildman–Crippen LogP) is 3.72. The molecule has 0 heterocycles. The summed E-state index contributed by atoms with van der Waals surface area (Å²) in [5.74, 6) is -0.888. The zero-order valence-corrected chi connectivity index (χ0v) is 13.1. The summed E-state index contributed by atoms with van der Waals surface area (Å²) in [4.78, 5) is 22.6. The van der Waals surface area contributed by atoms with Gasteiger partial charge >= 0.3 is 11.9 Å². The maximum atomic E-state index is 11.3. The minimum absolute atomic E-state index is 0.301. The fourth-order valence-corrected chi connectivity index (χ4v) is 2.15. The van der Waals surface area contributed by atoms with Crippen molar-refractivity contribution in [3.05, 3.63) is 65.9 Å². The molecule has 0 saturated heterocycles. The standard InChI is InChI=1S/C19H18O4/c1-3-22-19(21)10-6-9-18(23-14(2)20)17-12-11-15-7-4-5-8-16(15)13-17/h4-5,7-13,18H,3H2,1-2H3. The van der Waals surface area contributed by atoms with Crippen molar-refractivity contribution < 1.29 is 19.1 Å². The van der Waals surface area contributed by atoms with Gasteiger partial charge in [0.1, 0.15) is 0 Å². The molecule has 0 N–H and O–H groups in total. The Morgan fingerprint density at radius 1 is 1.17 bits per heavy atom. The lowest BCUT2D eigenvalue weighted by atomic mass is 10.0. The molecule has 2 aromatic rings. The molecule has 0 aromatic heterocycles. The summed E-state index contributed by atoms with van der Waals surface area (Å²) in [5.41, 5.74) is 3.53. The van der Waals surface area contributed by atoms with E-state index in [1.807, 2.05) is 42.5 Å². The largest absolute Gasteiger partial charge is 0.462 e. The molecule has 2 rings (SSSR count). The molecule has 23 heavy (non-hydrogen) atoms. The topological polar surface area (TPSA) is 52.6 Å². The van der Waals surface area contributed by atoms with E-state index in [9.17, 15) is 9.59 Å². The van der Waals surface area contributed by atoms with Crippen LogP contribution in [0, 0.1) is 0 Å². The third kappa shape index (κ3) is 4.83. The normalized spacial score (nSPS) is 11.2. The van der Waals surface area contributed by atoms with Crippen LogP contribution in [0.15, 0.2) is 60.3 Å². The minimum atomic E-state index is -0.609. The van der Waals surface area contributed by atoms with Crippen molar-refractivity contribution in [1.82, 2.24) is 0 Å². The number of hydrogen-bond acceptors (Lipinski definition) is 4. The first-order valence-electron chi connectivity index (χ1n) is 7.35. The van der Waals surface area contributed by atoms with E-state index in [0.29, 0.717) is 6.61 Å². The van der Waals surface area contributed by atoms with Crippen LogP contribution in [0.4, 0.5) is 0 Å². The first-order chi connectivity index (χ1) is 11.1. The molecule has 1 atom stereocenters. The molecule has 4 heteroatoms. The summed E-state index contributed by atoms with van der Waals surface area (Å²) in [6.07, 6.45) is 2.10. The Morgan fingerprint density at radius 2 is 1.91 bits per heavy atom. The van der Waals surface area contributed by atoms with E-state index in [1.54, 1.807) is 6.92 Å². The maximum Gasteiger partial charge on any atom is 0.338 e. The Kier molecular flexibility index (Phi) is 5.73. The van der Waals surface area contributed by atoms with Gasteiger partial charge in [0.15, 0.2) is 6.10 Å². The van der Waals surface area contributed by atoms with E-state index < -0.39 is 18.0 Å². The predicted molar refractivity (Wildman–Crippen MR) is 87.7 cm³/mol. The molecule has 0 amide bonds. The molecule has 0 aliphatic heterocycles. The lowest BCUT2D eigenvalue weighted by molar-refractivity contribution is -0.144. The second-order valence-electron chi connectivity index (χ2n) is 4.87. The summed E-state index contributed by atoms with van der Waals surface area (Å²) in [6, 6.07) is 13.7. The van der Waals surface area contributed by atoms with Crippen LogP contribution in [-0.4, -0.2) is 18.5 Å². The fraction of sp³-hybridized carbons (Fsp3) is 0.211. The number of benzene rings is 2. The lowest BCUT2D eigenvalue weighted by Crippen LogP contribution is -2.06. The van der Waals surface area contributed by atoms with Crippen LogP contribution in [0.25, 0.3) is 10.8 Å². The van der Waals surface area contributed by atoms with E-state index in [-0.39, 0.29) is 0 Å². The lowest BCUT2D eigenvalue weighted by Gasteiger charge is -2.13. The number of hydrogen-bond donors (Lipinski definition) is 0. The number of fused-ring (bicyclic) bond motifs is 1. The Balaban J connectivity index is 2.30. The van der Waals surface area contributed by atoms with Gasteiger partial charge in [-0.1, -0.05) is 36.4 Å². The van der Waals surface area contributed by atoms with Crippen LogP contribution in [0.1, 0.15) is 25.5 Å². The van der Waals surface area contributed by atoms with Gasteiger partial charge in [-0.3, -0.25) is 4.79 Å². The summed E-state index contributed by atoms with van der Waals surface area (Å²) in [7, 11) is 0. The van der Waals surface area contributed by atoms with Crippen molar-refractivity contribution >= 4 is 22.7 Å². The van der Waals surface area contributed by atoms with Crippen molar-refractivity contribution in [2.45, 2.75) is 20.0 Å². The molecule has 2 aromatic carbocycles. The smallest absolute Gasteiger partial charge is 0.338 e. The molecule has 0 fully saturated rings. The van der Waals surface area contributed by atoms with Gasteiger partial charge in [-0.25, -0.2) is 4.79 Å². The maximum absolute atomic E-state index is 11.3. The van der Waals surface area contributed by atoms with Gasteiger partial charge in [-0.05, 0) is 29.3 Å². The summed E-state index contributed by atoms with van der Waals surface area (Å²) >= 11 is 0. The first kappa shape index (κ1) is 16.5. The van der Waals surface area contributed by atoms with Gasteiger partial charge in [0.05, 0.1) is 12.7 Å². The molecule has 0 radical (unpaired) electrons. The molecule has 0 spiro atoms. The Labute approximate surface area is 135 Å². The number of carbonyl (C=O) groups excluding carboxylic acids is 2. The number of esters is 2. The first-order valence-corrected chi connectivity index (χ1v) is 7.35.